The van der Waals surface area contributed by atoms with Gasteiger partial charge in [0.2, 0.25) is 5.76 Å². The van der Waals surface area contributed by atoms with Gasteiger partial charge in [-0.3, -0.25) is 9.59 Å². The van der Waals surface area contributed by atoms with Gasteiger partial charge in [-0.25, -0.2) is 0 Å². The number of hydrogen-bond donors (Lipinski definition) is 0. The number of likely N-dealkylation sites (N-methyl/N-ethyl adjacent to an activating group) is 1. The summed E-state index contributed by atoms with van der Waals surface area (Å²) in [6.45, 7) is 5.05. The summed E-state index contributed by atoms with van der Waals surface area (Å²) >= 11 is 0. The van der Waals surface area contributed by atoms with E-state index in [0.717, 1.165) is 11.3 Å². The Morgan fingerprint density at radius 3 is 2.38 bits per heavy atom. The first-order valence-electron chi connectivity index (χ1n) is 10.7. The largest absolute Gasteiger partial charge is 0.497 e. The third kappa shape index (κ3) is 3.96. The average Bonchev–Trinajstić information content (AvgIpc) is 3.04. The van der Waals surface area contributed by atoms with Gasteiger partial charge in [0.25, 0.3) is 5.91 Å². The van der Waals surface area contributed by atoms with Gasteiger partial charge in [-0.15, -0.1) is 0 Å². The lowest BCUT2D eigenvalue weighted by atomic mass is 9.98. The van der Waals surface area contributed by atoms with E-state index >= 15 is 0 Å². The summed E-state index contributed by atoms with van der Waals surface area (Å²) in [5.74, 6) is 1.12. The van der Waals surface area contributed by atoms with Gasteiger partial charge in [0.15, 0.2) is 5.43 Å². The van der Waals surface area contributed by atoms with Gasteiger partial charge in [0, 0.05) is 19.2 Å². The zero-order valence-electron chi connectivity index (χ0n) is 19.0. The van der Waals surface area contributed by atoms with E-state index in [1.807, 2.05) is 57.1 Å². The number of ether oxygens (including phenoxy) is 2. The first kappa shape index (κ1) is 21.9. The number of amides is 1. The summed E-state index contributed by atoms with van der Waals surface area (Å²) in [4.78, 5) is 30.6. The van der Waals surface area contributed by atoms with E-state index < -0.39 is 6.04 Å². The van der Waals surface area contributed by atoms with Crippen molar-refractivity contribution < 1.29 is 18.7 Å². The van der Waals surface area contributed by atoms with Crippen LogP contribution in [0.5, 0.6) is 11.5 Å². The normalized spacial score (nSPS) is 15.7. The summed E-state index contributed by atoms with van der Waals surface area (Å²) in [5, 5.41) is 0.427. The van der Waals surface area contributed by atoms with E-state index in [2.05, 4.69) is 0 Å². The highest BCUT2D eigenvalue weighted by atomic mass is 16.5. The smallest absolute Gasteiger partial charge is 0.290 e. The van der Waals surface area contributed by atoms with Crippen molar-refractivity contribution in [3.63, 3.8) is 0 Å². The second-order valence-electron chi connectivity index (χ2n) is 8.48. The number of fused-ring (bicyclic) bond motifs is 2. The van der Waals surface area contributed by atoms with Crippen molar-refractivity contribution in [3.8, 4) is 11.5 Å². The van der Waals surface area contributed by atoms with Gasteiger partial charge in [-0.2, -0.15) is 0 Å². The summed E-state index contributed by atoms with van der Waals surface area (Å²) < 4.78 is 17.0. The molecule has 7 heteroatoms. The number of rotatable bonds is 7. The molecule has 0 spiro atoms. The van der Waals surface area contributed by atoms with Crippen LogP contribution in [0.15, 0.2) is 51.7 Å². The van der Waals surface area contributed by atoms with Crippen LogP contribution in [0.2, 0.25) is 0 Å². The van der Waals surface area contributed by atoms with Crippen molar-refractivity contribution in [1.82, 2.24) is 9.80 Å². The third-order valence-electron chi connectivity index (χ3n) is 5.53. The van der Waals surface area contributed by atoms with Gasteiger partial charge in [0.1, 0.15) is 17.1 Å². The second kappa shape index (κ2) is 8.67. The van der Waals surface area contributed by atoms with Gasteiger partial charge in [0.05, 0.1) is 30.2 Å². The molecule has 32 heavy (non-hydrogen) atoms. The predicted molar refractivity (Wildman–Crippen MR) is 123 cm³/mol. The molecule has 7 nitrogen and oxygen atoms in total. The maximum absolute atomic E-state index is 13.5. The van der Waals surface area contributed by atoms with Crippen LogP contribution in [-0.4, -0.2) is 56.1 Å². The molecular weight excluding hydrogens is 408 g/mol. The van der Waals surface area contributed by atoms with Crippen molar-refractivity contribution in [3.05, 3.63) is 69.6 Å². The quantitative estimate of drug-likeness (QED) is 0.563. The molecule has 4 rings (SSSR count). The number of hydrogen-bond acceptors (Lipinski definition) is 6. The van der Waals surface area contributed by atoms with Gasteiger partial charge >= 0.3 is 0 Å². The molecule has 168 valence electrons. The molecule has 0 unspecified atom stereocenters. The van der Waals surface area contributed by atoms with Gasteiger partial charge in [-0.1, -0.05) is 12.1 Å². The van der Waals surface area contributed by atoms with E-state index in [4.69, 9.17) is 13.9 Å². The maximum atomic E-state index is 13.5. The lowest BCUT2D eigenvalue weighted by Crippen LogP contribution is -2.35. The van der Waals surface area contributed by atoms with Crippen LogP contribution in [0.25, 0.3) is 11.0 Å². The Morgan fingerprint density at radius 2 is 1.75 bits per heavy atom. The van der Waals surface area contributed by atoms with Crippen molar-refractivity contribution in [2.45, 2.75) is 26.0 Å². The first-order valence-corrected chi connectivity index (χ1v) is 10.7. The fraction of sp³-hybridized carbons (Fsp3) is 0.360. The minimum atomic E-state index is -0.520. The number of nitrogens with zero attached hydrogens (tertiary/aromatic N) is 2. The average molecular weight is 437 g/mol. The van der Waals surface area contributed by atoms with Crippen LogP contribution in [0.3, 0.4) is 0 Å². The van der Waals surface area contributed by atoms with Crippen molar-refractivity contribution in [2.24, 2.45) is 0 Å². The maximum Gasteiger partial charge on any atom is 0.290 e. The highest BCUT2D eigenvalue weighted by Crippen LogP contribution is 2.38. The lowest BCUT2D eigenvalue weighted by Gasteiger charge is -2.26. The molecule has 1 aliphatic rings. The van der Waals surface area contributed by atoms with Crippen LogP contribution >= 0.6 is 0 Å². The third-order valence-corrected chi connectivity index (χ3v) is 5.53. The molecule has 0 radical (unpaired) electrons. The van der Waals surface area contributed by atoms with Crippen LogP contribution in [-0.2, 0) is 0 Å². The molecule has 0 fully saturated rings. The number of carbonyl (C=O) groups excluding carboxylic acids is 1. The molecule has 3 aromatic rings. The van der Waals surface area contributed by atoms with Gasteiger partial charge in [-0.05, 0) is 57.8 Å². The molecule has 2 aromatic carbocycles. The molecule has 0 saturated heterocycles. The molecule has 2 heterocycles. The Labute approximate surface area is 187 Å². The summed E-state index contributed by atoms with van der Waals surface area (Å²) in [6.07, 6.45) is 0.0571. The van der Waals surface area contributed by atoms with Crippen molar-refractivity contribution in [1.29, 1.82) is 0 Å². The summed E-state index contributed by atoms with van der Waals surface area (Å²) in [5.41, 5.74) is 1.36. The molecule has 1 aliphatic heterocycles. The number of methoxy groups -OCH3 is 1. The summed E-state index contributed by atoms with van der Waals surface area (Å²) in [6, 6.07) is 12.1. The number of benzene rings is 2. The second-order valence-corrected chi connectivity index (χ2v) is 8.48. The van der Waals surface area contributed by atoms with E-state index in [1.165, 1.54) is 0 Å². The van der Waals surface area contributed by atoms with Crippen molar-refractivity contribution >= 4 is 16.9 Å². The molecular formula is C25H28N2O5. The Hall–Kier alpha value is -3.32. The Bertz CT molecular complexity index is 1200. The monoisotopic (exact) mass is 436 g/mol. The zero-order chi connectivity index (χ0) is 23.0. The lowest BCUT2D eigenvalue weighted by molar-refractivity contribution is 0.0716. The molecule has 1 aromatic heterocycles. The zero-order valence-corrected chi connectivity index (χ0v) is 19.0. The van der Waals surface area contributed by atoms with Crippen LogP contribution in [0.4, 0.5) is 0 Å². The van der Waals surface area contributed by atoms with Crippen molar-refractivity contribution in [2.75, 3.05) is 34.3 Å². The van der Waals surface area contributed by atoms with Crippen LogP contribution < -0.4 is 14.9 Å². The Morgan fingerprint density at radius 1 is 1.06 bits per heavy atom. The predicted octanol–water partition coefficient (Wildman–Crippen LogP) is 3.70. The number of carbonyl (C=O) groups is 1. The highest BCUT2D eigenvalue weighted by molar-refractivity contribution is 5.99. The molecule has 0 saturated carbocycles. The Balaban J connectivity index is 1.85. The molecule has 0 N–H and O–H groups in total. The topological polar surface area (TPSA) is 72.2 Å². The van der Waals surface area contributed by atoms with E-state index in [9.17, 15) is 9.59 Å². The Kier molecular flexibility index (Phi) is 5.93. The van der Waals surface area contributed by atoms with Crippen LogP contribution in [0.1, 0.15) is 41.6 Å². The van der Waals surface area contributed by atoms with Gasteiger partial charge < -0.3 is 23.7 Å². The minimum Gasteiger partial charge on any atom is -0.497 e. The summed E-state index contributed by atoms with van der Waals surface area (Å²) in [7, 11) is 5.44. The standard InChI is InChI=1S/C25H28N2O5/c1-15(2)31-17-8-6-16(7-9-17)22-21-23(28)19-11-10-18(30-5)14-20(19)32-24(21)25(29)27(22)13-12-26(3)4/h6-11,14-15,22H,12-13H2,1-5H3/t22-/m1/s1. The fourth-order valence-corrected chi connectivity index (χ4v) is 4.01. The van der Waals surface area contributed by atoms with E-state index in [0.29, 0.717) is 35.4 Å². The molecule has 1 atom stereocenters. The fourth-order valence-electron chi connectivity index (χ4n) is 4.01. The van der Waals surface area contributed by atoms with E-state index in [1.54, 1.807) is 30.2 Å². The molecule has 1 amide bonds. The highest BCUT2D eigenvalue weighted by Gasteiger charge is 2.42. The van der Waals surface area contributed by atoms with E-state index in [-0.39, 0.29) is 23.2 Å². The molecule has 0 aliphatic carbocycles. The first-order chi connectivity index (χ1) is 15.3. The SMILES string of the molecule is COc1ccc2c(=O)c3c(oc2c1)C(=O)N(CCN(C)C)[C@@H]3c1ccc(OC(C)C)cc1. The molecule has 0 bridgehead atoms. The van der Waals surface area contributed by atoms with Crippen LogP contribution in [0, 0.1) is 0 Å². The minimum absolute atomic E-state index is 0.0571.